The van der Waals surface area contributed by atoms with E-state index in [0.717, 1.165) is 17.7 Å². The standard InChI is InChI=1S/C13H15NO4/c1-2-5-10(13(17)18)14-11(15)8-6-3-4-7-9(8)12(14)16/h1,8-10H,3-7H2,(H,17,18). The van der Waals surface area contributed by atoms with E-state index >= 15 is 0 Å². The first-order chi connectivity index (χ1) is 8.57. The molecule has 0 aromatic carbocycles. The molecule has 96 valence electrons. The van der Waals surface area contributed by atoms with Crippen LogP contribution in [-0.2, 0) is 14.4 Å². The molecule has 0 bridgehead atoms. The number of carbonyl (C=O) groups excluding carboxylic acids is 2. The van der Waals surface area contributed by atoms with Crippen molar-refractivity contribution in [2.45, 2.75) is 38.1 Å². The molecule has 1 saturated carbocycles. The van der Waals surface area contributed by atoms with Crippen molar-refractivity contribution in [2.24, 2.45) is 11.8 Å². The minimum atomic E-state index is -1.21. The van der Waals surface area contributed by atoms with E-state index in [-0.39, 0.29) is 30.1 Å². The molecule has 1 aliphatic heterocycles. The maximum Gasteiger partial charge on any atom is 0.327 e. The first kappa shape index (κ1) is 12.6. The van der Waals surface area contributed by atoms with E-state index in [1.807, 2.05) is 0 Å². The Bertz CT molecular complexity index is 413. The topological polar surface area (TPSA) is 74.7 Å². The molecule has 1 heterocycles. The predicted octanol–water partition coefficient (Wildman–Crippen LogP) is 0.638. The largest absolute Gasteiger partial charge is 0.480 e. The van der Waals surface area contributed by atoms with E-state index in [1.54, 1.807) is 0 Å². The summed E-state index contributed by atoms with van der Waals surface area (Å²) in [6.07, 6.45) is 8.16. The second-order valence-corrected chi connectivity index (χ2v) is 4.81. The summed E-state index contributed by atoms with van der Waals surface area (Å²) in [6, 6.07) is -1.21. The molecule has 0 aromatic rings. The van der Waals surface area contributed by atoms with Crippen LogP contribution in [0.15, 0.2) is 0 Å². The summed E-state index contributed by atoms with van der Waals surface area (Å²) >= 11 is 0. The van der Waals surface area contributed by atoms with Crippen LogP contribution in [0.1, 0.15) is 32.1 Å². The molecule has 2 rings (SSSR count). The number of rotatable bonds is 3. The fourth-order valence-electron chi connectivity index (χ4n) is 2.90. The molecule has 1 N–H and O–H groups in total. The fourth-order valence-corrected chi connectivity index (χ4v) is 2.90. The number of aliphatic carboxylic acids is 1. The Labute approximate surface area is 105 Å². The zero-order chi connectivity index (χ0) is 13.3. The Morgan fingerprint density at radius 3 is 2.22 bits per heavy atom. The lowest BCUT2D eigenvalue weighted by Crippen LogP contribution is -2.45. The molecular formula is C13H15NO4. The molecule has 3 unspecified atom stereocenters. The Morgan fingerprint density at radius 2 is 1.83 bits per heavy atom. The number of likely N-dealkylation sites (tertiary alicyclic amines) is 1. The Morgan fingerprint density at radius 1 is 1.33 bits per heavy atom. The van der Waals surface area contributed by atoms with Gasteiger partial charge >= 0.3 is 5.97 Å². The van der Waals surface area contributed by atoms with Gasteiger partial charge in [-0.3, -0.25) is 14.5 Å². The van der Waals surface area contributed by atoms with Crippen LogP contribution in [0.3, 0.4) is 0 Å². The zero-order valence-electron chi connectivity index (χ0n) is 9.96. The van der Waals surface area contributed by atoms with Crippen LogP contribution in [0.25, 0.3) is 0 Å². The lowest BCUT2D eigenvalue weighted by molar-refractivity contribution is -0.154. The van der Waals surface area contributed by atoms with Gasteiger partial charge in [-0.25, -0.2) is 4.79 Å². The van der Waals surface area contributed by atoms with Crippen molar-refractivity contribution >= 4 is 17.8 Å². The third-order valence-electron chi connectivity index (χ3n) is 3.78. The molecule has 5 nitrogen and oxygen atoms in total. The number of amides is 2. The third-order valence-corrected chi connectivity index (χ3v) is 3.78. The van der Waals surface area contributed by atoms with Crippen LogP contribution in [0.4, 0.5) is 0 Å². The van der Waals surface area contributed by atoms with E-state index in [2.05, 4.69) is 5.92 Å². The van der Waals surface area contributed by atoms with E-state index in [4.69, 9.17) is 11.5 Å². The minimum absolute atomic E-state index is 0.133. The maximum absolute atomic E-state index is 12.1. The Kier molecular flexibility index (Phi) is 3.37. The van der Waals surface area contributed by atoms with Gasteiger partial charge < -0.3 is 5.11 Å². The number of nitrogens with zero attached hydrogens (tertiary/aromatic N) is 1. The lowest BCUT2D eigenvalue weighted by Gasteiger charge is -2.21. The molecule has 3 atom stereocenters. The third kappa shape index (κ3) is 1.88. The second-order valence-electron chi connectivity index (χ2n) is 4.81. The van der Waals surface area contributed by atoms with Gasteiger partial charge in [-0.1, -0.05) is 12.8 Å². The summed E-state index contributed by atoms with van der Waals surface area (Å²) in [4.78, 5) is 36.3. The number of terminal acetylenes is 1. The van der Waals surface area contributed by atoms with Crippen LogP contribution in [0.2, 0.25) is 0 Å². The maximum atomic E-state index is 12.1. The highest BCUT2D eigenvalue weighted by atomic mass is 16.4. The molecule has 1 saturated heterocycles. The summed E-state index contributed by atoms with van der Waals surface area (Å²) in [5, 5.41) is 9.09. The average molecular weight is 249 g/mol. The number of carbonyl (C=O) groups is 3. The van der Waals surface area contributed by atoms with Crippen LogP contribution >= 0.6 is 0 Å². The molecule has 0 radical (unpaired) electrons. The minimum Gasteiger partial charge on any atom is -0.480 e. The van der Waals surface area contributed by atoms with E-state index in [1.165, 1.54) is 0 Å². The Hall–Kier alpha value is -1.83. The molecule has 0 aromatic heterocycles. The SMILES string of the molecule is C#CCC(C(=O)O)N1C(=O)C2CCCCC2C1=O. The van der Waals surface area contributed by atoms with E-state index < -0.39 is 12.0 Å². The highest BCUT2D eigenvalue weighted by Gasteiger charge is 2.51. The van der Waals surface area contributed by atoms with Crippen molar-refractivity contribution in [3.63, 3.8) is 0 Å². The summed E-state index contributed by atoms with van der Waals surface area (Å²) in [5.74, 6) is -0.357. The van der Waals surface area contributed by atoms with Crippen molar-refractivity contribution < 1.29 is 19.5 Å². The molecule has 2 aliphatic rings. The number of hydrogen-bond acceptors (Lipinski definition) is 3. The molecule has 2 fully saturated rings. The first-order valence-corrected chi connectivity index (χ1v) is 6.11. The fraction of sp³-hybridized carbons (Fsp3) is 0.615. The summed E-state index contributed by atoms with van der Waals surface area (Å²) < 4.78 is 0. The molecule has 1 aliphatic carbocycles. The quantitative estimate of drug-likeness (QED) is 0.588. The summed E-state index contributed by atoms with van der Waals surface area (Å²) in [7, 11) is 0. The normalized spacial score (nSPS) is 28.7. The van der Waals surface area contributed by atoms with Gasteiger partial charge in [-0.2, -0.15) is 0 Å². The summed E-state index contributed by atoms with van der Waals surface area (Å²) in [6.45, 7) is 0. The number of carboxylic acids is 1. The number of fused-ring (bicyclic) bond motifs is 1. The molecule has 2 amide bonds. The van der Waals surface area contributed by atoms with Gasteiger partial charge in [0, 0.05) is 6.42 Å². The van der Waals surface area contributed by atoms with Crippen LogP contribution in [-0.4, -0.2) is 33.8 Å². The lowest BCUT2D eigenvalue weighted by atomic mass is 9.81. The van der Waals surface area contributed by atoms with Crippen LogP contribution in [0.5, 0.6) is 0 Å². The summed E-state index contributed by atoms with van der Waals surface area (Å²) in [5.41, 5.74) is 0. The van der Waals surface area contributed by atoms with Crippen LogP contribution in [0, 0.1) is 24.2 Å². The van der Waals surface area contributed by atoms with Gasteiger partial charge in [-0.15, -0.1) is 12.3 Å². The number of hydrogen-bond donors (Lipinski definition) is 1. The molecule has 18 heavy (non-hydrogen) atoms. The van der Waals surface area contributed by atoms with E-state index in [0.29, 0.717) is 12.8 Å². The van der Waals surface area contributed by atoms with Crippen molar-refractivity contribution in [1.82, 2.24) is 4.90 Å². The van der Waals surface area contributed by atoms with Gasteiger partial charge in [0.25, 0.3) is 0 Å². The average Bonchev–Trinajstić information content (AvgIpc) is 2.60. The highest BCUT2D eigenvalue weighted by molar-refractivity contribution is 6.07. The number of carboxylic acid groups (broad SMARTS) is 1. The highest BCUT2D eigenvalue weighted by Crippen LogP contribution is 2.39. The van der Waals surface area contributed by atoms with Gasteiger partial charge in [-0.05, 0) is 12.8 Å². The van der Waals surface area contributed by atoms with Crippen molar-refractivity contribution in [2.75, 3.05) is 0 Å². The predicted molar refractivity (Wildman–Crippen MR) is 62.2 cm³/mol. The molecule has 0 spiro atoms. The monoisotopic (exact) mass is 249 g/mol. The van der Waals surface area contributed by atoms with Crippen molar-refractivity contribution in [1.29, 1.82) is 0 Å². The van der Waals surface area contributed by atoms with Gasteiger partial charge in [0.15, 0.2) is 0 Å². The number of imide groups is 1. The smallest absolute Gasteiger partial charge is 0.327 e. The van der Waals surface area contributed by atoms with Gasteiger partial charge in [0.05, 0.1) is 11.8 Å². The molecular weight excluding hydrogens is 234 g/mol. The Balaban J connectivity index is 2.27. The van der Waals surface area contributed by atoms with Crippen molar-refractivity contribution in [3.05, 3.63) is 0 Å². The van der Waals surface area contributed by atoms with Crippen LogP contribution < -0.4 is 0 Å². The van der Waals surface area contributed by atoms with Gasteiger partial charge in [0.2, 0.25) is 11.8 Å². The van der Waals surface area contributed by atoms with E-state index in [9.17, 15) is 14.4 Å². The zero-order valence-corrected chi connectivity index (χ0v) is 9.96. The van der Waals surface area contributed by atoms with Crippen molar-refractivity contribution in [3.8, 4) is 12.3 Å². The van der Waals surface area contributed by atoms with Gasteiger partial charge in [0.1, 0.15) is 6.04 Å². The first-order valence-electron chi connectivity index (χ1n) is 6.11. The second kappa shape index (κ2) is 4.81. The molecule has 5 heteroatoms.